The summed E-state index contributed by atoms with van der Waals surface area (Å²) in [6.07, 6.45) is 2.17. The van der Waals surface area contributed by atoms with Crippen LogP contribution in [0.2, 0.25) is 0 Å². The minimum atomic E-state index is -0.477. The molecule has 2 rings (SSSR count). The number of nitriles is 1. The molecule has 1 atom stereocenters. The maximum absolute atomic E-state index is 12.9. The van der Waals surface area contributed by atoms with Gasteiger partial charge in [-0.1, -0.05) is 6.92 Å². The minimum absolute atomic E-state index is 0.0494. The first-order valence-electron chi connectivity index (χ1n) is 5.62. The van der Waals surface area contributed by atoms with Crippen molar-refractivity contribution < 1.29 is 9.18 Å². The zero-order valence-electron chi connectivity index (χ0n) is 9.53. The van der Waals surface area contributed by atoms with E-state index in [9.17, 15) is 9.18 Å². The summed E-state index contributed by atoms with van der Waals surface area (Å²) in [6, 6.07) is 5.65. The Morgan fingerprint density at radius 2 is 2.29 bits per heavy atom. The number of rotatable bonds is 3. The monoisotopic (exact) mass is 232 g/mol. The van der Waals surface area contributed by atoms with Gasteiger partial charge in [-0.2, -0.15) is 5.26 Å². The van der Waals surface area contributed by atoms with Crippen molar-refractivity contribution in [2.75, 3.05) is 5.32 Å². The third kappa shape index (κ3) is 2.62. The zero-order valence-corrected chi connectivity index (χ0v) is 9.53. The van der Waals surface area contributed by atoms with Crippen LogP contribution in [-0.4, -0.2) is 5.91 Å². The first-order chi connectivity index (χ1) is 8.11. The van der Waals surface area contributed by atoms with E-state index < -0.39 is 5.82 Å². The molecule has 88 valence electrons. The summed E-state index contributed by atoms with van der Waals surface area (Å²) in [7, 11) is 0. The van der Waals surface area contributed by atoms with Gasteiger partial charge in [-0.15, -0.1) is 0 Å². The van der Waals surface area contributed by atoms with Gasteiger partial charge >= 0.3 is 0 Å². The number of benzene rings is 1. The molecular formula is C13H13FN2O. The van der Waals surface area contributed by atoms with Crippen molar-refractivity contribution in [2.24, 2.45) is 11.8 Å². The van der Waals surface area contributed by atoms with Gasteiger partial charge in [0.25, 0.3) is 0 Å². The number of carbonyl (C=O) groups excluding carboxylic acids is 1. The van der Waals surface area contributed by atoms with E-state index in [0.29, 0.717) is 11.6 Å². The molecule has 1 N–H and O–H groups in total. The van der Waals surface area contributed by atoms with Crippen molar-refractivity contribution in [1.82, 2.24) is 0 Å². The Morgan fingerprint density at radius 3 is 2.88 bits per heavy atom. The number of amides is 1. The van der Waals surface area contributed by atoms with Gasteiger partial charge in [-0.05, 0) is 37.0 Å². The molecule has 1 amide bonds. The number of hydrogen-bond donors (Lipinski definition) is 1. The lowest BCUT2D eigenvalue weighted by molar-refractivity contribution is -0.119. The maximum atomic E-state index is 12.9. The molecule has 0 aliphatic heterocycles. The van der Waals surface area contributed by atoms with Crippen LogP contribution in [0.25, 0.3) is 0 Å². The van der Waals surface area contributed by atoms with Gasteiger partial charge in [-0.3, -0.25) is 4.79 Å². The molecule has 4 heteroatoms. The van der Waals surface area contributed by atoms with E-state index in [1.54, 1.807) is 0 Å². The first kappa shape index (κ1) is 11.6. The fourth-order valence-corrected chi connectivity index (χ4v) is 1.77. The SMILES string of the molecule is CC(C(=O)Nc1ccc(F)cc1C#N)C1CC1. The molecule has 0 bridgehead atoms. The molecule has 1 aromatic carbocycles. The number of carbonyl (C=O) groups is 1. The van der Waals surface area contributed by atoms with Gasteiger partial charge < -0.3 is 5.32 Å². The van der Waals surface area contributed by atoms with Crippen LogP contribution in [0.5, 0.6) is 0 Å². The molecule has 1 aromatic rings. The van der Waals surface area contributed by atoms with Gasteiger partial charge in [0, 0.05) is 5.92 Å². The molecule has 1 aliphatic carbocycles. The highest BCUT2D eigenvalue weighted by Gasteiger charge is 2.32. The molecule has 0 aromatic heterocycles. The van der Waals surface area contributed by atoms with Crippen molar-refractivity contribution >= 4 is 11.6 Å². The molecule has 1 fully saturated rings. The number of hydrogen-bond acceptors (Lipinski definition) is 2. The Labute approximate surface area is 99.2 Å². The van der Waals surface area contributed by atoms with Gasteiger partial charge in [0.15, 0.2) is 0 Å². The number of halogens is 1. The highest BCUT2D eigenvalue weighted by Crippen LogP contribution is 2.37. The Bertz CT molecular complexity index is 489. The van der Waals surface area contributed by atoms with Crippen molar-refractivity contribution in [1.29, 1.82) is 5.26 Å². The van der Waals surface area contributed by atoms with E-state index in [1.165, 1.54) is 12.1 Å². The van der Waals surface area contributed by atoms with Crippen LogP contribution in [-0.2, 0) is 4.79 Å². The Hall–Kier alpha value is -1.89. The molecule has 0 saturated heterocycles. The second-order valence-corrected chi connectivity index (χ2v) is 4.42. The van der Waals surface area contributed by atoms with Crippen molar-refractivity contribution in [3.63, 3.8) is 0 Å². The molecule has 0 spiro atoms. The Balaban J connectivity index is 2.12. The molecule has 1 unspecified atom stereocenters. The maximum Gasteiger partial charge on any atom is 0.227 e. The van der Waals surface area contributed by atoms with Gasteiger partial charge in [0.05, 0.1) is 11.3 Å². The third-order valence-electron chi connectivity index (χ3n) is 3.10. The van der Waals surface area contributed by atoms with E-state index in [1.807, 2.05) is 13.0 Å². The summed E-state index contributed by atoms with van der Waals surface area (Å²) in [5.74, 6) is -0.169. The second-order valence-electron chi connectivity index (χ2n) is 4.42. The van der Waals surface area contributed by atoms with Gasteiger partial charge in [0.1, 0.15) is 11.9 Å². The zero-order chi connectivity index (χ0) is 12.4. The number of nitrogens with one attached hydrogen (secondary N) is 1. The van der Waals surface area contributed by atoms with Crippen LogP contribution in [0.1, 0.15) is 25.3 Å². The van der Waals surface area contributed by atoms with E-state index in [4.69, 9.17) is 5.26 Å². The largest absolute Gasteiger partial charge is 0.325 e. The van der Waals surface area contributed by atoms with Crippen molar-refractivity contribution in [3.8, 4) is 6.07 Å². The normalized spacial score (nSPS) is 16.1. The number of anilines is 1. The van der Waals surface area contributed by atoms with E-state index >= 15 is 0 Å². The molecule has 0 radical (unpaired) electrons. The minimum Gasteiger partial charge on any atom is -0.325 e. The van der Waals surface area contributed by atoms with Crippen molar-refractivity contribution in [3.05, 3.63) is 29.6 Å². The van der Waals surface area contributed by atoms with Crippen molar-refractivity contribution in [2.45, 2.75) is 19.8 Å². The van der Waals surface area contributed by atoms with Crippen LogP contribution < -0.4 is 5.32 Å². The van der Waals surface area contributed by atoms with Crippen LogP contribution in [0.4, 0.5) is 10.1 Å². The summed E-state index contributed by atoms with van der Waals surface area (Å²) in [5.41, 5.74) is 0.535. The Morgan fingerprint density at radius 1 is 1.59 bits per heavy atom. The summed E-state index contributed by atoms with van der Waals surface area (Å²) >= 11 is 0. The van der Waals surface area contributed by atoms with Crippen LogP contribution in [0.15, 0.2) is 18.2 Å². The average Bonchev–Trinajstić information content (AvgIpc) is 3.14. The second kappa shape index (κ2) is 4.54. The molecule has 1 saturated carbocycles. The smallest absolute Gasteiger partial charge is 0.227 e. The predicted molar refractivity (Wildman–Crippen MR) is 61.6 cm³/mol. The lowest BCUT2D eigenvalue weighted by Crippen LogP contribution is -2.22. The van der Waals surface area contributed by atoms with Crippen LogP contribution in [0.3, 0.4) is 0 Å². The Kier molecular flexibility index (Phi) is 3.10. The highest BCUT2D eigenvalue weighted by atomic mass is 19.1. The molecule has 1 aliphatic rings. The summed E-state index contributed by atoms with van der Waals surface area (Å²) in [6.45, 7) is 1.88. The van der Waals surface area contributed by atoms with Crippen LogP contribution >= 0.6 is 0 Å². The first-order valence-corrected chi connectivity index (χ1v) is 5.62. The van der Waals surface area contributed by atoms with Crippen LogP contribution in [0, 0.1) is 29.0 Å². The van der Waals surface area contributed by atoms with Gasteiger partial charge in [-0.25, -0.2) is 4.39 Å². The predicted octanol–water partition coefficient (Wildman–Crippen LogP) is 2.68. The van der Waals surface area contributed by atoms with E-state index in [-0.39, 0.29) is 17.4 Å². The lowest BCUT2D eigenvalue weighted by Gasteiger charge is -2.11. The summed E-state index contributed by atoms with van der Waals surface area (Å²) < 4.78 is 12.9. The van der Waals surface area contributed by atoms with E-state index in [2.05, 4.69) is 5.32 Å². The molecular weight excluding hydrogens is 219 g/mol. The standard InChI is InChI=1S/C13H13FN2O/c1-8(9-2-3-9)13(17)16-12-5-4-11(14)6-10(12)7-15/h4-6,8-9H,2-3H2,1H3,(H,16,17). The fourth-order valence-electron chi connectivity index (χ4n) is 1.77. The summed E-state index contributed by atoms with van der Waals surface area (Å²) in [5, 5.41) is 11.5. The topological polar surface area (TPSA) is 52.9 Å². The molecule has 17 heavy (non-hydrogen) atoms. The number of nitrogens with zero attached hydrogens (tertiary/aromatic N) is 1. The fraction of sp³-hybridized carbons (Fsp3) is 0.385. The lowest BCUT2D eigenvalue weighted by atomic mass is 10.1. The third-order valence-corrected chi connectivity index (χ3v) is 3.10. The summed E-state index contributed by atoms with van der Waals surface area (Å²) in [4.78, 5) is 11.8. The average molecular weight is 232 g/mol. The highest BCUT2D eigenvalue weighted by molar-refractivity contribution is 5.93. The molecule has 0 heterocycles. The van der Waals surface area contributed by atoms with E-state index in [0.717, 1.165) is 18.9 Å². The molecule has 3 nitrogen and oxygen atoms in total. The van der Waals surface area contributed by atoms with Gasteiger partial charge in [0.2, 0.25) is 5.91 Å². The quantitative estimate of drug-likeness (QED) is 0.871.